The second-order valence-corrected chi connectivity index (χ2v) is 5.21. The van der Waals surface area contributed by atoms with Crippen LogP contribution in [-0.2, 0) is 11.8 Å². The quantitative estimate of drug-likeness (QED) is 0.787. The Kier molecular flexibility index (Phi) is 4.98. The molecule has 2 rings (SSSR count). The van der Waals surface area contributed by atoms with Gasteiger partial charge in [-0.15, -0.1) is 0 Å². The van der Waals surface area contributed by atoms with Gasteiger partial charge in [0, 0.05) is 36.5 Å². The lowest BCUT2D eigenvalue weighted by molar-refractivity contribution is 0.146. The van der Waals surface area contributed by atoms with Crippen molar-refractivity contribution in [3.63, 3.8) is 0 Å². The van der Waals surface area contributed by atoms with Crippen LogP contribution in [0.15, 0.2) is 45.8 Å². The average Bonchev–Trinajstić information content (AvgIpc) is 2.43. The lowest BCUT2D eigenvalue weighted by Crippen LogP contribution is -2.14. The summed E-state index contributed by atoms with van der Waals surface area (Å²) in [5, 5.41) is 0. The first-order valence-electron chi connectivity index (χ1n) is 6.20. The normalized spacial score (nSPS) is 10.6. The largest absolute Gasteiger partial charge is 0.491 e. The molecule has 0 radical (unpaired) electrons. The van der Waals surface area contributed by atoms with Gasteiger partial charge in [-0.2, -0.15) is 0 Å². The van der Waals surface area contributed by atoms with E-state index in [1.54, 1.807) is 31.0 Å². The predicted molar refractivity (Wildman–Crippen MR) is 82.2 cm³/mol. The van der Waals surface area contributed by atoms with Crippen molar-refractivity contribution in [2.24, 2.45) is 7.05 Å². The van der Waals surface area contributed by atoms with Gasteiger partial charge in [0.15, 0.2) is 0 Å². The molecule has 0 saturated carbocycles. The highest BCUT2D eigenvalue weighted by atomic mass is 79.9. The number of benzene rings is 1. The van der Waals surface area contributed by atoms with Crippen LogP contribution in [0, 0.1) is 0 Å². The molecule has 0 aliphatic heterocycles. The van der Waals surface area contributed by atoms with Gasteiger partial charge >= 0.3 is 0 Å². The highest BCUT2D eigenvalue weighted by Gasteiger charge is 2.07. The highest BCUT2D eigenvalue weighted by Crippen LogP contribution is 2.29. The van der Waals surface area contributed by atoms with E-state index in [2.05, 4.69) is 15.9 Å². The third kappa shape index (κ3) is 3.49. The zero-order valence-electron chi connectivity index (χ0n) is 11.4. The fourth-order valence-electron chi connectivity index (χ4n) is 1.82. The Balaban J connectivity index is 2.31. The monoisotopic (exact) mass is 337 g/mol. The molecule has 0 atom stereocenters. The van der Waals surface area contributed by atoms with Crippen LogP contribution in [0.1, 0.15) is 0 Å². The van der Waals surface area contributed by atoms with E-state index < -0.39 is 0 Å². The Morgan fingerprint density at radius 1 is 1.25 bits per heavy atom. The van der Waals surface area contributed by atoms with Crippen LogP contribution >= 0.6 is 15.9 Å². The van der Waals surface area contributed by atoms with Gasteiger partial charge in [0.2, 0.25) is 0 Å². The van der Waals surface area contributed by atoms with Gasteiger partial charge in [-0.1, -0.05) is 12.1 Å². The number of pyridine rings is 1. The van der Waals surface area contributed by atoms with Crippen LogP contribution in [0.25, 0.3) is 11.1 Å². The van der Waals surface area contributed by atoms with E-state index in [0.717, 1.165) is 21.3 Å². The Morgan fingerprint density at radius 3 is 2.80 bits per heavy atom. The van der Waals surface area contributed by atoms with Gasteiger partial charge in [-0.05, 0) is 33.6 Å². The van der Waals surface area contributed by atoms with Gasteiger partial charge in [0.25, 0.3) is 5.56 Å². The summed E-state index contributed by atoms with van der Waals surface area (Å²) in [6, 6.07) is 9.31. The maximum absolute atomic E-state index is 11.6. The van der Waals surface area contributed by atoms with Crippen LogP contribution in [0.3, 0.4) is 0 Å². The molecule has 0 amide bonds. The molecule has 0 N–H and O–H groups in total. The lowest BCUT2D eigenvalue weighted by Gasteiger charge is -2.10. The van der Waals surface area contributed by atoms with Crippen LogP contribution in [0.5, 0.6) is 5.75 Å². The van der Waals surface area contributed by atoms with E-state index in [1.165, 1.54) is 0 Å². The van der Waals surface area contributed by atoms with Crippen molar-refractivity contribution >= 4 is 15.9 Å². The van der Waals surface area contributed by atoms with Crippen molar-refractivity contribution < 1.29 is 9.47 Å². The van der Waals surface area contributed by atoms with Gasteiger partial charge in [-0.25, -0.2) is 0 Å². The fraction of sp³-hybridized carbons (Fsp3) is 0.267. The molecule has 0 spiro atoms. The number of rotatable bonds is 5. The summed E-state index contributed by atoms with van der Waals surface area (Å²) in [6.07, 6.45) is 1.81. The minimum Gasteiger partial charge on any atom is -0.491 e. The average molecular weight is 338 g/mol. The molecular weight excluding hydrogens is 322 g/mol. The molecule has 0 aliphatic carbocycles. The van der Waals surface area contributed by atoms with Crippen LogP contribution in [0.4, 0.5) is 0 Å². The minimum atomic E-state index is -0.0480. The zero-order valence-corrected chi connectivity index (χ0v) is 13.0. The molecule has 20 heavy (non-hydrogen) atoms. The standard InChI is InChI=1S/C15H16BrNO3/c1-17-10-13(14(16)9-15(17)18)11-4-3-5-12(8-11)20-7-6-19-2/h3-5,8-10H,6-7H2,1-2H3. The Labute approximate surface area is 126 Å². The summed E-state index contributed by atoms with van der Waals surface area (Å²) in [4.78, 5) is 11.6. The topological polar surface area (TPSA) is 40.5 Å². The molecule has 1 heterocycles. The van der Waals surface area contributed by atoms with Crippen LogP contribution in [-0.4, -0.2) is 24.9 Å². The first kappa shape index (κ1) is 14.8. The number of aryl methyl sites for hydroxylation is 1. The smallest absolute Gasteiger partial charge is 0.251 e. The van der Waals surface area contributed by atoms with E-state index in [4.69, 9.17) is 9.47 Å². The van der Waals surface area contributed by atoms with E-state index >= 15 is 0 Å². The first-order chi connectivity index (χ1) is 9.61. The van der Waals surface area contributed by atoms with Gasteiger partial charge in [0.1, 0.15) is 12.4 Å². The molecule has 0 bridgehead atoms. The number of methoxy groups -OCH3 is 1. The molecule has 1 aromatic carbocycles. The number of hydrogen-bond donors (Lipinski definition) is 0. The molecule has 1 aromatic heterocycles. The Morgan fingerprint density at radius 2 is 2.05 bits per heavy atom. The predicted octanol–water partition coefficient (Wildman–Crippen LogP) is 2.84. The molecule has 4 nitrogen and oxygen atoms in total. The summed E-state index contributed by atoms with van der Waals surface area (Å²) in [5.41, 5.74) is 1.89. The van der Waals surface area contributed by atoms with Crippen LogP contribution in [0.2, 0.25) is 0 Å². The maximum atomic E-state index is 11.6. The van der Waals surface area contributed by atoms with E-state index in [9.17, 15) is 4.79 Å². The van der Waals surface area contributed by atoms with Crippen LogP contribution < -0.4 is 10.3 Å². The van der Waals surface area contributed by atoms with Gasteiger partial charge in [0.05, 0.1) is 6.61 Å². The molecule has 2 aromatic rings. The Bertz CT molecular complexity index is 652. The molecule has 0 fully saturated rings. The molecule has 0 aliphatic rings. The van der Waals surface area contributed by atoms with Crippen molar-refractivity contribution in [3.8, 4) is 16.9 Å². The molecular formula is C15H16BrNO3. The number of ether oxygens (including phenoxy) is 2. The van der Waals surface area contributed by atoms with Crippen molar-refractivity contribution in [1.82, 2.24) is 4.57 Å². The summed E-state index contributed by atoms with van der Waals surface area (Å²) < 4.78 is 12.9. The minimum absolute atomic E-state index is 0.0480. The summed E-state index contributed by atoms with van der Waals surface area (Å²) in [6.45, 7) is 1.06. The van der Waals surface area contributed by atoms with E-state index in [1.807, 2.05) is 24.3 Å². The highest BCUT2D eigenvalue weighted by molar-refractivity contribution is 9.10. The van der Waals surface area contributed by atoms with Gasteiger partial charge < -0.3 is 14.0 Å². The Hall–Kier alpha value is -1.59. The molecule has 106 valence electrons. The number of nitrogens with zero attached hydrogens (tertiary/aromatic N) is 1. The SMILES string of the molecule is COCCOc1cccc(-c2cn(C)c(=O)cc2Br)c1. The summed E-state index contributed by atoms with van der Waals surface area (Å²) >= 11 is 3.43. The summed E-state index contributed by atoms with van der Waals surface area (Å²) in [5.74, 6) is 0.778. The van der Waals surface area contributed by atoms with E-state index in [-0.39, 0.29) is 5.56 Å². The number of aromatic nitrogens is 1. The first-order valence-corrected chi connectivity index (χ1v) is 6.99. The third-order valence-corrected chi connectivity index (χ3v) is 3.54. The number of hydrogen-bond acceptors (Lipinski definition) is 3. The van der Waals surface area contributed by atoms with Crippen molar-refractivity contribution in [1.29, 1.82) is 0 Å². The lowest BCUT2D eigenvalue weighted by atomic mass is 10.1. The second-order valence-electron chi connectivity index (χ2n) is 4.35. The number of halogens is 1. The fourth-order valence-corrected chi connectivity index (χ4v) is 2.34. The second kappa shape index (κ2) is 6.72. The molecule has 0 saturated heterocycles. The zero-order chi connectivity index (χ0) is 14.5. The van der Waals surface area contributed by atoms with Gasteiger partial charge in [-0.3, -0.25) is 4.79 Å². The molecule has 5 heteroatoms. The summed E-state index contributed by atoms with van der Waals surface area (Å²) in [7, 11) is 3.37. The molecule has 0 unspecified atom stereocenters. The van der Waals surface area contributed by atoms with Crippen molar-refractivity contribution in [3.05, 3.63) is 51.4 Å². The van der Waals surface area contributed by atoms with Crippen molar-refractivity contribution in [2.45, 2.75) is 0 Å². The third-order valence-electron chi connectivity index (χ3n) is 2.88. The van der Waals surface area contributed by atoms with E-state index in [0.29, 0.717) is 13.2 Å². The van der Waals surface area contributed by atoms with Crippen molar-refractivity contribution in [2.75, 3.05) is 20.3 Å². The maximum Gasteiger partial charge on any atom is 0.251 e.